The van der Waals surface area contributed by atoms with Crippen molar-refractivity contribution in [3.63, 3.8) is 0 Å². The number of benzene rings is 1. The van der Waals surface area contributed by atoms with Gasteiger partial charge in [-0.25, -0.2) is 0 Å². The summed E-state index contributed by atoms with van der Waals surface area (Å²) in [6, 6.07) is 9.87. The van der Waals surface area contributed by atoms with Crippen LogP contribution in [0.3, 0.4) is 0 Å². The van der Waals surface area contributed by atoms with Crippen molar-refractivity contribution in [3.05, 3.63) is 36.5 Å². The first-order chi connectivity index (χ1) is 7.81. The molecule has 0 aliphatic rings. The summed E-state index contributed by atoms with van der Waals surface area (Å²) in [7, 11) is 1.67. The molecule has 0 fully saturated rings. The van der Waals surface area contributed by atoms with E-state index < -0.39 is 0 Å². The van der Waals surface area contributed by atoms with E-state index in [4.69, 9.17) is 9.47 Å². The standard InChI is InChI=1S/C13H15NO2/c1-10(9-15-2)16-12-7-3-5-11-6-4-8-14-13(11)12/h3-8,10H,9H2,1-2H3. The number of para-hydroxylation sites is 1. The van der Waals surface area contributed by atoms with Crippen molar-refractivity contribution in [2.24, 2.45) is 0 Å². The number of fused-ring (bicyclic) bond motifs is 1. The second-order valence-corrected chi connectivity index (χ2v) is 3.72. The highest BCUT2D eigenvalue weighted by Crippen LogP contribution is 2.23. The van der Waals surface area contributed by atoms with Gasteiger partial charge in [-0.3, -0.25) is 4.98 Å². The molecule has 0 bridgehead atoms. The molecule has 0 saturated carbocycles. The molecule has 3 heteroatoms. The third kappa shape index (κ3) is 2.31. The van der Waals surface area contributed by atoms with Crippen LogP contribution < -0.4 is 4.74 Å². The molecule has 16 heavy (non-hydrogen) atoms. The Labute approximate surface area is 95.0 Å². The average molecular weight is 217 g/mol. The molecule has 0 amide bonds. The zero-order valence-electron chi connectivity index (χ0n) is 9.51. The zero-order chi connectivity index (χ0) is 11.4. The van der Waals surface area contributed by atoms with Gasteiger partial charge in [0.15, 0.2) is 0 Å². The fourth-order valence-corrected chi connectivity index (χ4v) is 1.66. The summed E-state index contributed by atoms with van der Waals surface area (Å²) >= 11 is 0. The van der Waals surface area contributed by atoms with Crippen LogP contribution in [-0.4, -0.2) is 24.8 Å². The topological polar surface area (TPSA) is 31.4 Å². The van der Waals surface area contributed by atoms with E-state index in [-0.39, 0.29) is 6.10 Å². The van der Waals surface area contributed by atoms with Crippen LogP contribution in [0.5, 0.6) is 5.75 Å². The highest BCUT2D eigenvalue weighted by Gasteiger charge is 2.07. The maximum atomic E-state index is 5.78. The molecular formula is C13H15NO2. The summed E-state index contributed by atoms with van der Waals surface area (Å²) in [4.78, 5) is 4.33. The molecule has 2 rings (SSSR count). The summed E-state index contributed by atoms with van der Waals surface area (Å²) in [6.07, 6.45) is 1.80. The van der Waals surface area contributed by atoms with Crippen LogP contribution in [0.25, 0.3) is 10.9 Å². The number of methoxy groups -OCH3 is 1. The number of nitrogens with zero attached hydrogens (tertiary/aromatic N) is 1. The van der Waals surface area contributed by atoms with Crippen LogP contribution in [-0.2, 0) is 4.74 Å². The van der Waals surface area contributed by atoms with Crippen LogP contribution in [0.2, 0.25) is 0 Å². The SMILES string of the molecule is COCC(C)Oc1cccc2cccnc12. The lowest BCUT2D eigenvalue weighted by Gasteiger charge is -2.14. The van der Waals surface area contributed by atoms with Crippen LogP contribution in [0.1, 0.15) is 6.92 Å². The first kappa shape index (κ1) is 10.9. The minimum Gasteiger partial charge on any atom is -0.486 e. The van der Waals surface area contributed by atoms with E-state index >= 15 is 0 Å². The van der Waals surface area contributed by atoms with Crippen molar-refractivity contribution in [3.8, 4) is 5.75 Å². The van der Waals surface area contributed by atoms with Crippen LogP contribution >= 0.6 is 0 Å². The van der Waals surface area contributed by atoms with E-state index in [2.05, 4.69) is 4.98 Å². The van der Waals surface area contributed by atoms with E-state index in [0.29, 0.717) is 6.61 Å². The maximum Gasteiger partial charge on any atom is 0.146 e. The number of aromatic nitrogens is 1. The van der Waals surface area contributed by atoms with Gasteiger partial charge in [0.05, 0.1) is 6.61 Å². The molecule has 0 aliphatic carbocycles. The van der Waals surface area contributed by atoms with Gasteiger partial charge in [-0.2, -0.15) is 0 Å². The Bertz CT molecular complexity index is 465. The summed E-state index contributed by atoms with van der Waals surface area (Å²) in [5.74, 6) is 0.808. The largest absolute Gasteiger partial charge is 0.486 e. The van der Waals surface area contributed by atoms with Gasteiger partial charge in [-0.15, -0.1) is 0 Å². The van der Waals surface area contributed by atoms with Gasteiger partial charge in [0.1, 0.15) is 17.4 Å². The fourth-order valence-electron chi connectivity index (χ4n) is 1.66. The Morgan fingerprint density at radius 1 is 1.25 bits per heavy atom. The molecule has 3 nitrogen and oxygen atoms in total. The molecule has 0 saturated heterocycles. The molecule has 1 atom stereocenters. The van der Waals surface area contributed by atoms with Crippen molar-refractivity contribution >= 4 is 10.9 Å². The Hall–Kier alpha value is -1.61. The fraction of sp³-hybridized carbons (Fsp3) is 0.308. The molecule has 0 radical (unpaired) electrons. The molecule has 84 valence electrons. The van der Waals surface area contributed by atoms with Crippen molar-refractivity contribution in [2.45, 2.75) is 13.0 Å². The quantitative estimate of drug-likeness (QED) is 0.789. The lowest BCUT2D eigenvalue weighted by Crippen LogP contribution is -2.18. The molecule has 1 aromatic heterocycles. The van der Waals surface area contributed by atoms with E-state index in [0.717, 1.165) is 16.7 Å². The van der Waals surface area contributed by atoms with Crippen molar-refractivity contribution in [1.29, 1.82) is 0 Å². The third-order valence-electron chi connectivity index (χ3n) is 2.33. The number of rotatable bonds is 4. The highest BCUT2D eigenvalue weighted by atomic mass is 16.5. The first-order valence-electron chi connectivity index (χ1n) is 5.30. The molecule has 2 aromatic rings. The lowest BCUT2D eigenvalue weighted by atomic mass is 10.2. The summed E-state index contributed by atoms with van der Waals surface area (Å²) in [5.41, 5.74) is 0.896. The normalized spacial score (nSPS) is 12.6. The predicted octanol–water partition coefficient (Wildman–Crippen LogP) is 2.65. The lowest BCUT2D eigenvalue weighted by molar-refractivity contribution is 0.0930. The number of hydrogen-bond donors (Lipinski definition) is 0. The van der Waals surface area contributed by atoms with Gasteiger partial charge in [0.2, 0.25) is 0 Å². The summed E-state index contributed by atoms with van der Waals surface area (Å²) < 4.78 is 10.8. The number of pyridine rings is 1. The van der Waals surface area contributed by atoms with Crippen molar-refractivity contribution in [2.75, 3.05) is 13.7 Å². The zero-order valence-corrected chi connectivity index (χ0v) is 9.51. The molecule has 0 spiro atoms. The number of hydrogen-bond acceptors (Lipinski definition) is 3. The first-order valence-corrected chi connectivity index (χ1v) is 5.30. The average Bonchev–Trinajstić information content (AvgIpc) is 2.30. The highest BCUT2D eigenvalue weighted by molar-refractivity contribution is 5.84. The Kier molecular flexibility index (Phi) is 3.37. The smallest absolute Gasteiger partial charge is 0.146 e. The van der Waals surface area contributed by atoms with E-state index in [1.165, 1.54) is 0 Å². The molecule has 0 N–H and O–H groups in total. The summed E-state index contributed by atoms with van der Waals surface area (Å²) in [6.45, 7) is 2.55. The van der Waals surface area contributed by atoms with Crippen LogP contribution in [0.4, 0.5) is 0 Å². The molecular weight excluding hydrogens is 202 g/mol. The maximum absolute atomic E-state index is 5.78. The second-order valence-electron chi connectivity index (χ2n) is 3.72. The minimum atomic E-state index is 0.0256. The van der Waals surface area contributed by atoms with E-state index in [9.17, 15) is 0 Å². The monoisotopic (exact) mass is 217 g/mol. The van der Waals surface area contributed by atoms with Gasteiger partial charge < -0.3 is 9.47 Å². The molecule has 1 aromatic carbocycles. The van der Waals surface area contributed by atoms with Crippen molar-refractivity contribution < 1.29 is 9.47 Å². The van der Waals surface area contributed by atoms with Crippen LogP contribution in [0.15, 0.2) is 36.5 Å². The summed E-state index contributed by atoms with van der Waals surface area (Å²) in [5, 5.41) is 1.09. The Morgan fingerprint density at radius 3 is 2.88 bits per heavy atom. The Balaban J connectivity index is 2.30. The van der Waals surface area contributed by atoms with E-state index in [1.54, 1.807) is 13.3 Å². The van der Waals surface area contributed by atoms with Gasteiger partial charge in [0.25, 0.3) is 0 Å². The van der Waals surface area contributed by atoms with Crippen molar-refractivity contribution in [1.82, 2.24) is 4.98 Å². The van der Waals surface area contributed by atoms with Gasteiger partial charge in [0, 0.05) is 18.7 Å². The predicted molar refractivity (Wildman–Crippen MR) is 63.7 cm³/mol. The second kappa shape index (κ2) is 4.94. The molecule has 0 aliphatic heterocycles. The van der Waals surface area contributed by atoms with Gasteiger partial charge in [-0.05, 0) is 19.1 Å². The minimum absolute atomic E-state index is 0.0256. The molecule has 1 heterocycles. The number of ether oxygens (including phenoxy) is 2. The van der Waals surface area contributed by atoms with Crippen LogP contribution in [0, 0.1) is 0 Å². The van der Waals surface area contributed by atoms with Gasteiger partial charge in [-0.1, -0.05) is 18.2 Å². The third-order valence-corrected chi connectivity index (χ3v) is 2.33. The Morgan fingerprint density at radius 2 is 2.06 bits per heavy atom. The molecule has 1 unspecified atom stereocenters. The van der Waals surface area contributed by atoms with Gasteiger partial charge >= 0.3 is 0 Å². The van der Waals surface area contributed by atoms with E-state index in [1.807, 2.05) is 37.3 Å².